The molecule has 202 valence electrons. The lowest BCUT2D eigenvalue weighted by molar-refractivity contribution is -0.138. The monoisotopic (exact) mass is 482 g/mol. The van der Waals surface area contributed by atoms with Gasteiger partial charge in [-0.05, 0) is 12.8 Å². The van der Waals surface area contributed by atoms with Gasteiger partial charge in [-0.1, -0.05) is 154 Å². The Kier molecular flexibility index (Phi) is 27.3. The van der Waals surface area contributed by atoms with Crippen molar-refractivity contribution in [1.29, 1.82) is 0 Å². The second-order valence-corrected chi connectivity index (χ2v) is 10.5. The highest BCUT2D eigenvalue weighted by molar-refractivity contribution is 5.66. The van der Waals surface area contributed by atoms with Crippen LogP contribution < -0.4 is 0 Å². The molecule has 0 aromatic heterocycles. The van der Waals surface area contributed by atoms with Crippen LogP contribution in [0.1, 0.15) is 180 Å². The molecular formula is C30H58O4. The first kappa shape index (κ1) is 32.9. The van der Waals surface area contributed by atoms with Crippen LogP contribution in [0, 0.1) is 0 Å². The highest BCUT2D eigenvalue weighted by atomic mass is 16.4. The van der Waals surface area contributed by atoms with Crippen LogP contribution in [0.5, 0.6) is 0 Å². The van der Waals surface area contributed by atoms with E-state index in [1.807, 2.05) is 0 Å². The summed E-state index contributed by atoms with van der Waals surface area (Å²) in [5.74, 6) is -1.32. The summed E-state index contributed by atoms with van der Waals surface area (Å²) < 4.78 is 0. The van der Waals surface area contributed by atoms with Crippen molar-refractivity contribution in [2.24, 2.45) is 0 Å². The Morgan fingerprint density at radius 3 is 0.500 bits per heavy atom. The number of unbranched alkanes of at least 4 members (excludes halogenated alkanes) is 25. The molecule has 0 radical (unpaired) electrons. The summed E-state index contributed by atoms with van der Waals surface area (Å²) in [6, 6.07) is 0. The third-order valence-electron chi connectivity index (χ3n) is 7.03. The van der Waals surface area contributed by atoms with Gasteiger partial charge in [-0.2, -0.15) is 0 Å². The first-order valence-electron chi connectivity index (χ1n) is 15.1. The number of carboxylic acid groups (broad SMARTS) is 2. The van der Waals surface area contributed by atoms with Crippen LogP contribution in [0.2, 0.25) is 0 Å². The number of hydrogen-bond acceptors (Lipinski definition) is 2. The fourth-order valence-electron chi connectivity index (χ4n) is 4.80. The molecule has 0 aromatic carbocycles. The van der Waals surface area contributed by atoms with Crippen molar-refractivity contribution in [2.45, 2.75) is 180 Å². The zero-order valence-electron chi connectivity index (χ0n) is 22.5. The molecule has 0 unspecified atom stereocenters. The summed E-state index contributed by atoms with van der Waals surface area (Å²) in [4.78, 5) is 20.9. The Bertz CT molecular complexity index is 396. The maximum atomic E-state index is 10.4. The van der Waals surface area contributed by atoms with E-state index >= 15 is 0 Å². The molecule has 0 spiro atoms. The van der Waals surface area contributed by atoms with Crippen molar-refractivity contribution in [1.82, 2.24) is 0 Å². The van der Waals surface area contributed by atoms with Crippen molar-refractivity contribution in [3.05, 3.63) is 0 Å². The molecule has 0 heterocycles. The summed E-state index contributed by atoms with van der Waals surface area (Å²) in [7, 11) is 0. The fourth-order valence-corrected chi connectivity index (χ4v) is 4.80. The van der Waals surface area contributed by atoms with Gasteiger partial charge in [-0.3, -0.25) is 9.59 Å². The smallest absolute Gasteiger partial charge is 0.303 e. The molecule has 0 amide bonds. The Morgan fingerprint density at radius 1 is 0.265 bits per heavy atom. The molecule has 0 aliphatic heterocycles. The van der Waals surface area contributed by atoms with Crippen molar-refractivity contribution < 1.29 is 19.8 Å². The first-order chi connectivity index (χ1) is 16.6. The first-order valence-corrected chi connectivity index (χ1v) is 15.1. The van der Waals surface area contributed by atoms with Crippen LogP contribution in [0.4, 0.5) is 0 Å². The molecular weight excluding hydrogens is 424 g/mol. The molecule has 0 rings (SSSR count). The highest BCUT2D eigenvalue weighted by Crippen LogP contribution is 2.16. The second-order valence-electron chi connectivity index (χ2n) is 10.5. The molecule has 34 heavy (non-hydrogen) atoms. The molecule has 0 aliphatic carbocycles. The Labute approximate surface area is 211 Å². The van der Waals surface area contributed by atoms with Crippen LogP contribution in [-0.2, 0) is 9.59 Å². The number of hydrogen-bond donors (Lipinski definition) is 2. The summed E-state index contributed by atoms with van der Waals surface area (Å²) in [5.41, 5.74) is 0. The third-order valence-corrected chi connectivity index (χ3v) is 7.03. The van der Waals surface area contributed by atoms with Gasteiger partial charge < -0.3 is 10.2 Å². The van der Waals surface area contributed by atoms with Gasteiger partial charge in [0, 0.05) is 12.8 Å². The van der Waals surface area contributed by atoms with E-state index in [-0.39, 0.29) is 0 Å². The van der Waals surface area contributed by atoms with Gasteiger partial charge in [-0.15, -0.1) is 0 Å². The molecule has 4 nitrogen and oxygen atoms in total. The molecule has 4 heteroatoms. The number of aliphatic carboxylic acids is 2. The minimum absolute atomic E-state index is 0.336. The van der Waals surface area contributed by atoms with Gasteiger partial charge in [0.2, 0.25) is 0 Å². The van der Waals surface area contributed by atoms with Gasteiger partial charge in [0.05, 0.1) is 0 Å². The molecule has 0 bridgehead atoms. The van der Waals surface area contributed by atoms with E-state index < -0.39 is 11.9 Å². The van der Waals surface area contributed by atoms with Crippen molar-refractivity contribution in [2.75, 3.05) is 0 Å². The van der Waals surface area contributed by atoms with Gasteiger partial charge in [-0.25, -0.2) is 0 Å². The average Bonchev–Trinajstić information content (AvgIpc) is 2.80. The zero-order chi connectivity index (χ0) is 25.0. The van der Waals surface area contributed by atoms with E-state index in [2.05, 4.69) is 0 Å². The lowest BCUT2D eigenvalue weighted by Gasteiger charge is -2.04. The van der Waals surface area contributed by atoms with E-state index in [1.165, 1.54) is 141 Å². The molecule has 2 N–H and O–H groups in total. The van der Waals surface area contributed by atoms with Gasteiger partial charge in [0.25, 0.3) is 0 Å². The van der Waals surface area contributed by atoms with Gasteiger partial charge in [0.15, 0.2) is 0 Å². The SMILES string of the molecule is O=C(O)CCCCCCCCCCCCCCCCCCCCCCCCCCCCC(=O)O. The van der Waals surface area contributed by atoms with E-state index in [0.717, 1.165) is 25.7 Å². The van der Waals surface area contributed by atoms with E-state index in [4.69, 9.17) is 10.2 Å². The van der Waals surface area contributed by atoms with E-state index in [9.17, 15) is 9.59 Å². The van der Waals surface area contributed by atoms with Gasteiger partial charge >= 0.3 is 11.9 Å². The molecule has 0 aromatic rings. The van der Waals surface area contributed by atoms with Gasteiger partial charge in [0.1, 0.15) is 0 Å². The van der Waals surface area contributed by atoms with Crippen LogP contribution in [0.3, 0.4) is 0 Å². The molecule has 0 saturated carbocycles. The summed E-state index contributed by atoms with van der Waals surface area (Å²) in [5, 5.41) is 17.2. The average molecular weight is 483 g/mol. The summed E-state index contributed by atoms with van der Waals surface area (Å²) >= 11 is 0. The number of carboxylic acids is 2. The maximum Gasteiger partial charge on any atom is 0.303 e. The van der Waals surface area contributed by atoms with Crippen LogP contribution >= 0.6 is 0 Å². The number of rotatable bonds is 29. The molecule has 0 saturated heterocycles. The molecule has 0 fully saturated rings. The Morgan fingerprint density at radius 2 is 0.382 bits per heavy atom. The lowest BCUT2D eigenvalue weighted by atomic mass is 10.0. The van der Waals surface area contributed by atoms with Crippen LogP contribution in [0.25, 0.3) is 0 Å². The quantitative estimate of drug-likeness (QED) is 0.104. The molecule has 0 atom stereocenters. The standard InChI is InChI=1S/C30H58O4/c31-29(32)27-25-23-21-19-17-15-13-11-9-7-5-3-1-2-4-6-8-10-12-14-16-18-20-22-24-26-28-30(33)34/h1-28H2,(H,31,32)(H,33,34). The lowest BCUT2D eigenvalue weighted by Crippen LogP contribution is -1.93. The van der Waals surface area contributed by atoms with E-state index in [1.54, 1.807) is 0 Å². The minimum Gasteiger partial charge on any atom is -0.481 e. The van der Waals surface area contributed by atoms with Crippen molar-refractivity contribution >= 4 is 11.9 Å². The topological polar surface area (TPSA) is 74.6 Å². The highest BCUT2D eigenvalue weighted by Gasteiger charge is 1.99. The normalized spacial score (nSPS) is 11.2. The minimum atomic E-state index is -0.658. The zero-order valence-corrected chi connectivity index (χ0v) is 22.5. The van der Waals surface area contributed by atoms with Crippen molar-refractivity contribution in [3.8, 4) is 0 Å². The van der Waals surface area contributed by atoms with Crippen LogP contribution in [-0.4, -0.2) is 22.2 Å². The summed E-state index contributed by atoms with van der Waals surface area (Å²) in [6.45, 7) is 0. The van der Waals surface area contributed by atoms with Crippen molar-refractivity contribution in [3.63, 3.8) is 0 Å². The van der Waals surface area contributed by atoms with Crippen LogP contribution in [0.15, 0.2) is 0 Å². The maximum absolute atomic E-state index is 10.4. The van der Waals surface area contributed by atoms with E-state index in [0.29, 0.717) is 12.8 Å². The fraction of sp³-hybridized carbons (Fsp3) is 0.933. The number of carbonyl (C=O) groups is 2. The Hall–Kier alpha value is -1.06. The largest absolute Gasteiger partial charge is 0.481 e. The molecule has 0 aliphatic rings. The predicted molar refractivity (Wildman–Crippen MR) is 145 cm³/mol. The predicted octanol–water partition coefficient (Wildman–Crippen LogP) is 10.1. The second kappa shape index (κ2) is 28.2. The third kappa shape index (κ3) is 30.9. The summed E-state index contributed by atoms with van der Waals surface area (Å²) in [6.07, 6.45) is 34.6. The Balaban J connectivity index is 3.03.